The first kappa shape index (κ1) is 11.6. The topological polar surface area (TPSA) is 38.3 Å². The molecule has 2 unspecified atom stereocenters. The Labute approximate surface area is 94.4 Å². The number of nitrogens with one attached hydrogen (secondary N) is 1. The summed E-state index contributed by atoms with van der Waals surface area (Å²) < 4.78 is 16.9. The van der Waals surface area contributed by atoms with Gasteiger partial charge in [0, 0.05) is 34.9 Å². The average Bonchev–Trinajstić information content (AvgIpc) is 2.64. The summed E-state index contributed by atoms with van der Waals surface area (Å²) in [6.07, 6.45) is 5.36. The van der Waals surface area contributed by atoms with Gasteiger partial charge in [0.25, 0.3) is 0 Å². The van der Waals surface area contributed by atoms with Crippen LogP contribution in [-0.4, -0.2) is 40.5 Å². The van der Waals surface area contributed by atoms with E-state index in [4.69, 9.17) is 4.74 Å². The molecule has 2 aliphatic rings. The molecule has 0 spiro atoms. The SMILES string of the molecule is CC1CCC(CNC2CCS(=O)CC2)O1. The summed E-state index contributed by atoms with van der Waals surface area (Å²) in [5.41, 5.74) is 0. The van der Waals surface area contributed by atoms with E-state index >= 15 is 0 Å². The molecule has 2 saturated heterocycles. The van der Waals surface area contributed by atoms with E-state index in [1.807, 2.05) is 0 Å². The predicted molar refractivity (Wildman–Crippen MR) is 62.5 cm³/mol. The van der Waals surface area contributed by atoms with Crippen LogP contribution in [0.1, 0.15) is 32.6 Å². The predicted octanol–water partition coefficient (Wildman–Crippen LogP) is 1.05. The van der Waals surface area contributed by atoms with E-state index in [9.17, 15) is 4.21 Å². The number of rotatable bonds is 3. The summed E-state index contributed by atoms with van der Waals surface area (Å²) in [5, 5.41) is 3.55. The highest BCUT2D eigenvalue weighted by Crippen LogP contribution is 2.19. The Morgan fingerprint density at radius 3 is 2.60 bits per heavy atom. The van der Waals surface area contributed by atoms with Crippen LogP contribution in [0.5, 0.6) is 0 Å². The molecule has 1 N–H and O–H groups in total. The first-order valence-corrected chi connectivity index (χ1v) is 7.46. The molecule has 2 aliphatic heterocycles. The third-order valence-electron chi connectivity index (χ3n) is 3.34. The number of ether oxygens (including phenoxy) is 1. The van der Waals surface area contributed by atoms with Crippen molar-refractivity contribution in [2.45, 2.75) is 50.9 Å². The van der Waals surface area contributed by atoms with Crippen LogP contribution in [0.4, 0.5) is 0 Å². The Kier molecular flexibility index (Phi) is 4.17. The fourth-order valence-electron chi connectivity index (χ4n) is 2.33. The standard InChI is InChI=1S/C11H21NO2S/c1-9-2-3-11(14-9)8-12-10-4-6-15(13)7-5-10/h9-12H,2-8H2,1H3. The van der Waals surface area contributed by atoms with E-state index in [1.165, 1.54) is 12.8 Å². The first-order valence-electron chi connectivity index (χ1n) is 5.98. The number of hydrogen-bond acceptors (Lipinski definition) is 3. The van der Waals surface area contributed by atoms with Crippen LogP contribution in [0.25, 0.3) is 0 Å². The molecule has 0 aromatic heterocycles. The third kappa shape index (κ3) is 3.54. The second-order valence-electron chi connectivity index (χ2n) is 4.68. The van der Waals surface area contributed by atoms with Gasteiger partial charge in [0.15, 0.2) is 0 Å². The lowest BCUT2D eigenvalue weighted by molar-refractivity contribution is 0.0541. The van der Waals surface area contributed by atoms with Gasteiger partial charge < -0.3 is 10.1 Å². The Hall–Kier alpha value is 0.0700. The van der Waals surface area contributed by atoms with Crippen molar-refractivity contribution >= 4 is 10.8 Å². The second kappa shape index (κ2) is 5.41. The molecule has 0 aromatic carbocycles. The first-order chi connectivity index (χ1) is 7.24. The van der Waals surface area contributed by atoms with Crippen molar-refractivity contribution in [2.75, 3.05) is 18.1 Å². The van der Waals surface area contributed by atoms with Gasteiger partial charge in [-0.05, 0) is 32.6 Å². The van der Waals surface area contributed by atoms with Crippen LogP contribution >= 0.6 is 0 Å². The summed E-state index contributed by atoms with van der Waals surface area (Å²) in [7, 11) is -0.543. The van der Waals surface area contributed by atoms with E-state index in [0.29, 0.717) is 18.2 Å². The largest absolute Gasteiger partial charge is 0.374 e. The lowest BCUT2D eigenvalue weighted by Crippen LogP contribution is -2.39. The molecule has 3 nitrogen and oxygen atoms in total. The number of hydrogen-bond donors (Lipinski definition) is 1. The molecule has 0 bridgehead atoms. The molecular weight excluding hydrogens is 210 g/mol. The van der Waals surface area contributed by atoms with E-state index < -0.39 is 10.8 Å². The minimum Gasteiger partial charge on any atom is -0.374 e. The molecule has 4 heteroatoms. The van der Waals surface area contributed by atoms with Crippen molar-refractivity contribution in [3.63, 3.8) is 0 Å². The van der Waals surface area contributed by atoms with Gasteiger partial charge in [-0.2, -0.15) is 0 Å². The van der Waals surface area contributed by atoms with Crippen LogP contribution < -0.4 is 5.32 Å². The van der Waals surface area contributed by atoms with E-state index in [0.717, 1.165) is 30.9 Å². The van der Waals surface area contributed by atoms with Crippen molar-refractivity contribution in [3.05, 3.63) is 0 Å². The van der Waals surface area contributed by atoms with Gasteiger partial charge in [0.1, 0.15) is 0 Å². The second-order valence-corrected chi connectivity index (χ2v) is 6.37. The normalized spacial score (nSPS) is 41.9. The lowest BCUT2D eigenvalue weighted by atomic mass is 10.1. The minimum absolute atomic E-state index is 0.410. The summed E-state index contributed by atoms with van der Waals surface area (Å²) in [6, 6.07) is 0.571. The van der Waals surface area contributed by atoms with Crippen LogP contribution in [-0.2, 0) is 15.5 Å². The summed E-state index contributed by atoms with van der Waals surface area (Å²) in [6.45, 7) is 3.12. The van der Waals surface area contributed by atoms with Gasteiger partial charge in [-0.25, -0.2) is 0 Å². The minimum atomic E-state index is -0.543. The van der Waals surface area contributed by atoms with Gasteiger partial charge in [-0.1, -0.05) is 0 Å². The zero-order valence-electron chi connectivity index (χ0n) is 9.41. The Morgan fingerprint density at radius 2 is 2.00 bits per heavy atom. The summed E-state index contributed by atoms with van der Waals surface area (Å²) >= 11 is 0. The molecular formula is C11H21NO2S. The smallest absolute Gasteiger partial charge is 0.0704 e. The van der Waals surface area contributed by atoms with Gasteiger partial charge in [0.2, 0.25) is 0 Å². The monoisotopic (exact) mass is 231 g/mol. The lowest BCUT2D eigenvalue weighted by Gasteiger charge is -2.24. The fourth-order valence-corrected chi connectivity index (χ4v) is 3.63. The quantitative estimate of drug-likeness (QED) is 0.789. The van der Waals surface area contributed by atoms with Crippen molar-refractivity contribution in [2.24, 2.45) is 0 Å². The summed E-state index contributed by atoms with van der Waals surface area (Å²) in [5.74, 6) is 1.75. The molecule has 0 saturated carbocycles. The zero-order chi connectivity index (χ0) is 10.7. The maximum Gasteiger partial charge on any atom is 0.0704 e. The molecule has 88 valence electrons. The van der Waals surface area contributed by atoms with Crippen LogP contribution in [0.2, 0.25) is 0 Å². The van der Waals surface area contributed by atoms with E-state index in [1.54, 1.807) is 0 Å². The molecule has 0 aliphatic carbocycles. The fraction of sp³-hybridized carbons (Fsp3) is 1.00. The van der Waals surface area contributed by atoms with E-state index in [-0.39, 0.29) is 0 Å². The zero-order valence-corrected chi connectivity index (χ0v) is 10.2. The Bertz CT molecular complexity index is 225. The molecule has 0 radical (unpaired) electrons. The molecule has 2 heterocycles. The van der Waals surface area contributed by atoms with Crippen LogP contribution in [0.15, 0.2) is 0 Å². The maximum absolute atomic E-state index is 11.2. The highest BCUT2D eigenvalue weighted by atomic mass is 32.2. The maximum atomic E-state index is 11.2. The molecule has 15 heavy (non-hydrogen) atoms. The van der Waals surface area contributed by atoms with Crippen molar-refractivity contribution < 1.29 is 8.95 Å². The average molecular weight is 231 g/mol. The molecule has 0 aromatic rings. The van der Waals surface area contributed by atoms with Crippen LogP contribution in [0.3, 0.4) is 0 Å². The Morgan fingerprint density at radius 1 is 1.27 bits per heavy atom. The van der Waals surface area contributed by atoms with Gasteiger partial charge in [-0.3, -0.25) is 4.21 Å². The molecule has 2 fully saturated rings. The Balaban J connectivity index is 1.63. The summed E-state index contributed by atoms with van der Waals surface area (Å²) in [4.78, 5) is 0. The van der Waals surface area contributed by atoms with Gasteiger partial charge in [0.05, 0.1) is 12.2 Å². The van der Waals surface area contributed by atoms with Gasteiger partial charge in [-0.15, -0.1) is 0 Å². The highest BCUT2D eigenvalue weighted by Gasteiger charge is 2.23. The van der Waals surface area contributed by atoms with Crippen molar-refractivity contribution in [3.8, 4) is 0 Å². The van der Waals surface area contributed by atoms with Gasteiger partial charge >= 0.3 is 0 Å². The highest BCUT2D eigenvalue weighted by molar-refractivity contribution is 7.85. The van der Waals surface area contributed by atoms with Crippen molar-refractivity contribution in [1.82, 2.24) is 5.32 Å². The molecule has 0 amide bonds. The van der Waals surface area contributed by atoms with Crippen LogP contribution in [0, 0.1) is 0 Å². The van der Waals surface area contributed by atoms with Crippen molar-refractivity contribution in [1.29, 1.82) is 0 Å². The molecule has 2 atom stereocenters. The third-order valence-corrected chi connectivity index (χ3v) is 4.72. The molecule has 2 rings (SSSR count). The van der Waals surface area contributed by atoms with E-state index in [2.05, 4.69) is 12.2 Å².